The highest BCUT2D eigenvalue weighted by molar-refractivity contribution is 6.31. The number of rotatable bonds is 6. The number of carbonyl (C=O) groups is 2. The Labute approximate surface area is 181 Å². The molecule has 0 heterocycles. The number of anilines is 1. The second-order valence-electron chi connectivity index (χ2n) is 7.34. The third kappa shape index (κ3) is 4.89. The van der Waals surface area contributed by atoms with E-state index in [1.54, 1.807) is 49.4 Å². The molecule has 3 aromatic rings. The second kappa shape index (κ2) is 9.14. The van der Waals surface area contributed by atoms with Crippen LogP contribution < -0.4 is 10.1 Å². The van der Waals surface area contributed by atoms with Gasteiger partial charge in [0.2, 0.25) is 0 Å². The highest BCUT2D eigenvalue weighted by atomic mass is 35.5. The summed E-state index contributed by atoms with van der Waals surface area (Å²) in [7, 11) is 0. The van der Waals surface area contributed by atoms with E-state index in [1.807, 2.05) is 32.9 Å². The van der Waals surface area contributed by atoms with Gasteiger partial charge in [0.25, 0.3) is 5.91 Å². The van der Waals surface area contributed by atoms with Crippen molar-refractivity contribution in [3.8, 4) is 5.75 Å². The maximum Gasteiger partial charge on any atom is 0.265 e. The highest BCUT2D eigenvalue weighted by Gasteiger charge is 2.20. The number of nitrogens with one attached hydrogen (secondary N) is 1. The highest BCUT2D eigenvalue weighted by Crippen LogP contribution is 2.26. The van der Waals surface area contributed by atoms with E-state index in [0.29, 0.717) is 27.6 Å². The van der Waals surface area contributed by atoms with Gasteiger partial charge in [-0.25, -0.2) is 0 Å². The van der Waals surface area contributed by atoms with E-state index in [1.165, 1.54) is 0 Å². The van der Waals surface area contributed by atoms with Crippen LogP contribution >= 0.6 is 11.6 Å². The fourth-order valence-corrected chi connectivity index (χ4v) is 3.33. The molecule has 30 heavy (non-hydrogen) atoms. The molecule has 5 heteroatoms. The van der Waals surface area contributed by atoms with E-state index in [-0.39, 0.29) is 11.7 Å². The molecule has 0 aliphatic heterocycles. The van der Waals surface area contributed by atoms with Crippen molar-refractivity contribution in [1.82, 2.24) is 0 Å². The summed E-state index contributed by atoms with van der Waals surface area (Å²) in [5.74, 6) is 0.108. The molecule has 0 fully saturated rings. The number of hydrogen-bond donors (Lipinski definition) is 1. The number of ketones is 1. The lowest BCUT2D eigenvalue weighted by molar-refractivity contribution is -0.122. The number of ether oxygens (including phenoxy) is 1. The zero-order valence-corrected chi connectivity index (χ0v) is 18.2. The van der Waals surface area contributed by atoms with E-state index < -0.39 is 6.10 Å². The molecule has 1 atom stereocenters. The minimum Gasteiger partial charge on any atom is -0.481 e. The lowest BCUT2D eigenvalue weighted by Gasteiger charge is -2.19. The lowest BCUT2D eigenvalue weighted by Crippen LogP contribution is -2.31. The predicted octanol–water partition coefficient (Wildman–Crippen LogP) is 5.90. The van der Waals surface area contributed by atoms with Crippen LogP contribution in [0.15, 0.2) is 60.7 Å². The first kappa shape index (κ1) is 21.6. The van der Waals surface area contributed by atoms with Gasteiger partial charge in [0.05, 0.1) is 5.69 Å². The summed E-state index contributed by atoms with van der Waals surface area (Å²) in [5.41, 5.74) is 4.40. The normalized spacial score (nSPS) is 11.6. The second-order valence-corrected chi connectivity index (χ2v) is 7.78. The maximum absolute atomic E-state index is 12.9. The molecule has 0 aliphatic rings. The Kier molecular flexibility index (Phi) is 6.58. The first-order chi connectivity index (χ1) is 14.3. The molecule has 0 saturated heterocycles. The summed E-state index contributed by atoms with van der Waals surface area (Å²) in [6.45, 7) is 7.64. The standard InChI is InChI=1S/C25H24ClNO3/c1-15-12-16(2)17(3)23(13-15)30-18(4)25(29)27-22-11-10-20(26)14-21(22)24(28)19-8-6-5-7-9-19/h5-14,18H,1-4H3,(H,27,29)/t18-/m0/s1. The predicted molar refractivity (Wildman–Crippen MR) is 121 cm³/mol. The van der Waals surface area contributed by atoms with E-state index in [4.69, 9.17) is 16.3 Å². The van der Waals surface area contributed by atoms with E-state index >= 15 is 0 Å². The van der Waals surface area contributed by atoms with Crippen LogP contribution in [0.4, 0.5) is 5.69 Å². The van der Waals surface area contributed by atoms with Crippen LogP contribution in [-0.4, -0.2) is 17.8 Å². The molecule has 0 radical (unpaired) electrons. The number of halogens is 1. The van der Waals surface area contributed by atoms with Gasteiger partial charge in [-0.1, -0.05) is 48.0 Å². The zero-order valence-electron chi connectivity index (χ0n) is 17.5. The topological polar surface area (TPSA) is 55.4 Å². The van der Waals surface area contributed by atoms with Crippen LogP contribution in [0.25, 0.3) is 0 Å². The van der Waals surface area contributed by atoms with Crippen LogP contribution in [0.3, 0.4) is 0 Å². The molecule has 0 spiro atoms. The van der Waals surface area contributed by atoms with Crippen molar-refractivity contribution < 1.29 is 14.3 Å². The average Bonchev–Trinajstić information content (AvgIpc) is 2.72. The van der Waals surface area contributed by atoms with Crippen LogP contribution in [-0.2, 0) is 4.79 Å². The van der Waals surface area contributed by atoms with Gasteiger partial charge in [-0.15, -0.1) is 0 Å². The molecule has 0 unspecified atom stereocenters. The molecule has 0 bridgehead atoms. The van der Waals surface area contributed by atoms with Gasteiger partial charge in [-0.05, 0) is 68.7 Å². The average molecular weight is 422 g/mol. The number of carbonyl (C=O) groups excluding carboxylic acids is 2. The fourth-order valence-electron chi connectivity index (χ4n) is 3.16. The molecule has 3 rings (SSSR count). The quantitative estimate of drug-likeness (QED) is 0.504. The fraction of sp³-hybridized carbons (Fsp3) is 0.200. The Hall–Kier alpha value is -3.11. The number of amides is 1. The smallest absolute Gasteiger partial charge is 0.265 e. The van der Waals surface area contributed by atoms with Crippen LogP contribution in [0.1, 0.15) is 39.5 Å². The van der Waals surface area contributed by atoms with Gasteiger partial charge in [-0.3, -0.25) is 9.59 Å². The van der Waals surface area contributed by atoms with Gasteiger partial charge >= 0.3 is 0 Å². The van der Waals surface area contributed by atoms with Crippen LogP contribution in [0, 0.1) is 20.8 Å². The maximum atomic E-state index is 12.9. The van der Waals surface area contributed by atoms with Crippen molar-refractivity contribution in [3.63, 3.8) is 0 Å². The van der Waals surface area contributed by atoms with E-state index in [9.17, 15) is 9.59 Å². The van der Waals surface area contributed by atoms with Gasteiger partial charge in [-0.2, -0.15) is 0 Å². The zero-order chi connectivity index (χ0) is 21.8. The third-order valence-corrected chi connectivity index (χ3v) is 5.19. The molecule has 154 valence electrons. The summed E-state index contributed by atoms with van der Waals surface area (Å²) in [5, 5.41) is 3.23. The van der Waals surface area contributed by atoms with Crippen molar-refractivity contribution in [2.75, 3.05) is 5.32 Å². The van der Waals surface area contributed by atoms with E-state index in [0.717, 1.165) is 16.7 Å². The minimum atomic E-state index is -0.750. The van der Waals surface area contributed by atoms with Crippen molar-refractivity contribution in [3.05, 3.63) is 93.5 Å². The first-order valence-electron chi connectivity index (χ1n) is 9.71. The minimum absolute atomic E-state index is 0.216. The molecule has 1 N–H and O–H groups in total. The van der Waals surface area contributed by atoms with E-state index in [2.05, 4.69) is 11.4 Å². The van der Waals surface area contributed by atoms with Gasteiger partial charge in [0.15, 0.2) is 11.9 Å². The summed E-state index contributed by atoms with van der Waals surface area (Å²) in [4.78, 5) is 25.8. The summed E-state index contributed by atoms with van der Waals surface area (Å²) < 4.78 is 5.93. The van der Waals surface area contributed by atoms with Crippen molar-refractivity contribution in [2.24, 2.45) is 0 Å². The summed E-state index contributed by atoms with van der Waals surface area (Å²) >= 11 is 6.11. The SMILES string of the molecule is Cc1cc(C)c(C)c(O[C@@H](C)C(=O)Nc2ccc(Cl)cc2C(=O)c2ccccc2)c1. The summed E-state index contributed by atoms with van der Waals surface area (Å²) in [6, 6.07) is 17.7. The van der Waals surface area contributed by atoms with Crippen molar-refractivity contribution >= 4 is 29.0 Å². The Bertz CT molecular complexity index is 1090. The van der Waals surface area contributed by atoms with Crippen molar-refractivity contribution in [2.45, 2.75) is 33.8 Å². The molecule has 0 aromatic heterocycles. The summed E-state index contributed by atoms with van der Waals surface area (Å²) in [6.07, 6.45) is -0.750. The third-order valence-electron chi connectivity index (χ3n) is 4.96. The molecule has 4 nitrogen and oxygen atoms in total. The number of aryl methyl sites for hydroxylation is 2. The van der Waals surface area contributed by atoms with Crippen molar-refractivity contribution in [1.29, 1.82) is 0 Å². The monoisotopic (exact) mass is 421 g/mol. The molecular weight excluding hydrogens is 398 g/mol. The molecule has 1 amide bonds. The first-order valence-corrected chi connectivity index (χ1v) is 10.1. The Morgan fingerprint density at radius 3 is 2.37 bits per heavy atom. The molecule has 0 aliphatic carbocycles. The Morgan fingerprint density at radius 1 is 0.967 bits per heavy atom. The van der Waals surface area contributed by atoms with Gasteiger partial charge < -0.3 is 10.1 Å². The molecular formula is C25H24ClNO3. The van der Waals surface area contributed by atoms with Gasteiger partial charge in [0.1, 0.15) is 5.75 Å². The Balaban J connectivity index is 1.82. The lowest BCUT2D eigenvalue weighted by atomic mass is 10.0. The molecule has 0 saturated carbocycles. The Morgan fingerprint density at radius 2 is 1.67 bits per heavy atom. The van der Waals surface area contributed by atoms with Crippen LogP contribution in [0.5, 0.6) is 5.75 Å². The molecule has 3 aromatic carbocycles. The number of hydrogen-bond acceptors (Lipinski definition) is 3. The van der Waals surface area contributed by atoms with Gasteiger partial charge in [0, 0.05) is 16.1 Å². The van der Waals surface area contributed by atoms with Crippen LogP contribution in [0.2, 0.25) is 5.02 Å². The number of benzene rings is 3. The largest absolute Gasteiger partial charge is 0.481 e.